The third-order valence-electron chi connectivity index (χ3n) is 4.08. The molecular formula is C19H24N2O2. The van der Waals surface area contributed by atoms with Gasteiger partial charge in [0.2, 0.25) is 0 Å². The Morgan fingerprint density at radius 1 is 1.26 bits per heavy atom. The van der Waals surface area contributed by atoms with E-state index in [0.717, 1.165) is 29.0 Å². The minimum atomic E-state index is -0.00959. The Hall–Kier alpha value is -2.07. The molecule has 4 nitrogen and oxygen atoms in total. The zero-order valence-corrected chi connectivity index (χ0v) is 14.0. The molecule has 0 fully saturated rings. The van der Waals surface area contributed by atoms with Crippen LogP contribution in [0.3, 0.4) is 0 Å². The van der Waals surface area contributed by atoms with Gasteiger partial charge in [-0.1, -0.05) is 13.8 Å². The summed E-state index contributed by atoms with van der Waals surface area (Å²) in [4.78, 5) is 4.19. The molecule has 1 aromatic carbocycles. The maximum Gasteiger partial charge on any atom is 0.131 e. The number of benzene rings is 1. The molecule has 0 spiro atoms. The fourth-order valence-electron chi connectivity index (χ4n) is 3.02. The van der Waals surface area contributed by atoms with E-state index in [1.165, 1.54) is 5.56 Å². The molecule has 0 saturated heterocycles. The number of nitrogens with zero attached hydrogens (tertiary/aromatic N) is 1. The first-order chi connectivity index (χ1) is 11.0. The lowest BCUT2D eigenvalue weighted by atomic mass is 9.95. The molecule has 0 aliphatic carbocycles. The van der Waals surface area contributed by atoms with Crippen molar-refractivity contribution in [3.63, 3.8) is 0 Å². The van der Waals surface area contributed by atoms with Crippen molar-refractivity contribution in [2.75, 3.05) is 6.61 Å². The zero-order chi connectivity index (χ0) is 16.4. The van der Waals surface area contributed by atoms with Gasteiger partial charge in [-0.25, -0.2) is 0 Å². The smallest absolute Gasteiger partial charge is 0.131 e. The van der Waals surface area contributed by atoms with Crippen molar-refractivity contribution in [1.29, 1.82) is 0 Å². The van der Waals surface area contributed by atoms with Gasteiger partial charge in [-0.3, -0.25) is 4.98 Å². The zero-order valence-electron chi connectivity index (χ0n) is 14.0. The standard InChI is InChI=1S/C19H24N2O2/c1-12(2)8-14(20)11-22-15-4-5-17-16-6-7-21-10-18(16)13(3)23-19(17)9-15/h4-7,9-10,12-14H,8,11,20H2,1-3H3/t13?,14-/m1/s1. The monoisotopic (exact) mass is 312 g/mol. The Balaban J connectivity index is 1.78. The molecule has 2 heterocycles. The van der Waals surface area contributed by atoms with Crippen LogP contribution >= 0.6 is 0 Å². The van der Waals surface area contributed by atoms with Crippen molar-refractivity contribution < 1.29 is 9.47 Å². The highest BCUT2D eigenvalue weighted by Crippen LogP contribution is 2.43. The van der Waals surface area contributed by atoms with Crippen molar-refractivity contribution in [2.24, 2.45) is 11.7 Å². The van der Waals surface area contributed by atoms with Gasteiger partial charge in [0.1, 0.15) is 24.2 Å². The number of ether oxygens (including phenoxy) is 2. The number of hydrogen-bond donors (Lipinski definition) is 1. The average Bonchev–Trinajstić information content (AvgIpc) is 2.52. The van der Waals surface area contributed by atoms with Crippen LogP contribution in [0, 0.1) is 5.92 Å². The van der Waals surface area contributed by atoms with Crippen molar-refractivity contribution in [3.8, 4) is 22.6 Å². The van der Waals surface area contributed by atoms with E-state index in [4.69, 9.17) is 15.2 Å². The highest BCUT2D eigenvalue weighted by Gasteiger charge is 2.23. The van der Waals surface area contributed by atoms with E-state index in [1.807, 2.05) is 43.6 Å². The van der Waals surface area contributed by atoms with E-state index in [-0.39, 0.29) is 12.1 Å². The van der Waals surface area contributed by atoms with Crippen LogP contribution in [-0.2, 0) is 0 Å². The number of aromatic nitrogens is 1. The summed E-state index contributed by atoms with van der Waals surface area (Å²) in [6, 6.07) is 8.06. The molecule has 4 heteroatoms. The number of pyridine rings is 1. The Kier molecular flexibility index (Phi) is 4.53. The minimum absolute atomic E-state index is 0.00959. The quantitative estimate of drug-likeness (QED) is 0.908. The molecule has 1 aliphatic rings. The molecule has 0 radical (unpaired) electrons. The first kappa shape index (κ1) is 15.8. The average molecular weight is 312 g/mol. The van der Waals surface area contributed by atoms with Crippen molar-refractivity contribution >= 4 is 0 Å². The van der Waals surface area contributed by atoms with Gasteiger partial charge in [0.25, 0.3) is 0 Å². The second-order valence-corrected chi connectivity index (χ2v) is 6.58. The van der Waals surface area contributed by atoms with Gasteiger partial charge in [-0.15, -0.1) is 0 Å². The molecule has 122 valence electrons. The molecule has 1 aromatic heterocycles. The lowest BCUT2D eigenvalue weighted by Gasteiger charge is -2.26. The fourth-order valence-corrected chi connectivity index (χ4v) is 3.02. The Morgan fingerprint density at radius 3 is 2.87 bits per heavy atom. The minimum Gasteiger partial charge on any atom is -0.492 e. The van der Waals surface area contributed by atoms with Gasteiger partial charge in [-0.05, 0) is 43.0 Å². The highest BCUT2D eigenvalue weighted by atomic mass is 16.5. The summed E-state index contributed by atoms with van der Waals surface area (Å²) in [6.45, 7) is 6.89. The Labute approximate surface area is 137 Å². The summed E-state index contributed by atoms with van der Waals surface area (Å²) in [6.07, 6.45) is 4.64. The second-order valence-electron chi connectivity index (χ2n) is 6.58. The molecule has 2 atom stereocenters. The highest BCUT2D eigenvalue weighted by molar-refractivity contribution is 5.76. The van der Waals surface area contributed by atoms with Gasteiger partial charge in [0.05, 0.1) is 0 Å². The molecule has 1 aliphatic heterocycles. The summed E-state index contributed by atoms with van der Waals surface area (Å²) in [5, 5.41) is 0. The van der Waals surface area contributed by atoms with Gasteiger partial charge in [0, 0.05) is 35.6 Å². The van der Waals surface area contributed by atoms with Gasteiger partial charge >= 0.3 is 0 Å². The van der Waals surface area contributed by atoms with Crippen LogP contribution in [-0.4, -0.2) is 17.6 Å². The predicted octanol–water partition coefficient (Wildman–Crippen LogP) is 3.95. The first-order valence-corrected chi connectivity index (χ1v) is 8.18. The molecule has 2 aromatic rings. The van der Waals surface area contributed by atoms with E-state index < -0.39 is 0 Å². The second kappa shape index (κ2) is 6.59. The van der Waals surface area contributed by atoms with Crippen LogP contribution in [0.15, 0.2) is 36.7 Å². The Morgan fingerprint density at radius 2 is 2.09 bits per heavy atom. The first-order valence-electron chi connectivity index (χ1n) is 8.18. The predicted molar refractivity (Wildman–Crippen MR) is 91.6 cm³/mol. The topological polar surface area (TPSA) is 57.4 Å². The number of fused-ring (bicyclic) bond motifs is 3. The molecule has 2 N–H and O–H groups in total. The molecule has 0 amide bonds. The SMILES string of the molecule is CC(C)C[C@@H](N)COc1ccc2c(c1)OC(C)c1cnccc1-2. The van der Waals surface area contributed by atoms with E-state index in [9.17, 15) is 0 Å². The summed E-state index contributed by atoms with van der Waals surface area (Å²) < 4.78 is 11.9. The van der Waals surface area contributed by atoms with E-state index in [0.29, 0.717) is 12.5 Å². The van der Waals surface area contributed by atoms with Crippen LogP contribution < -0.4 is 15.2 Å². The molecule has 1 unspecified atom stereocenters. The van der Waals surface area contributed by atoms with Crippen LogP contribution in [0.2, 0.25) is 0 Å². The summed E-state index contributed by atoms with van der Waals surface area (Å²) in [5.74, 6) is 2.23. The number of rotatable bonds is 5. The summed E-state index contributed by atoms with van der Waals surface area (Å²) in [7, 11) is 0. The van der Waals surface area contributed by atoms with Crippen molar-refractivity contribution in [3.05, 3.63) is 42.2 Å². The van der Waals surface area contributed by atoms with E-state index in [2.05, 4.69) is 18.8 Å². The van der Waals surface area contributed by atoms with E-state index >= 15 is 0 Å². The third-order valence-corrected chi connectivity index (χ3v) is 4.08. The van der Waals surface area contributed by atoms with E-state index in [1.54, 1.807) is 0 Å². The number of nitrogens with two attached hydrogens (primary N) is 1. The third kappa shape index (κ3) is 3.48. The van der Waals surface area contributed by atoms with Gasteiger partial charge < -0.3 is 15.2 Å². The molecule has 23 heavy (non-hydrogen) atoms. The van der Waals surface area contributed by atoms with Crippen LogP contribution in [0.1, 0.15) is 38.9 Å². The maximum absolute atomic E-state index is 6.08. The van der Waals surface area contributed by atoms with Gasteiger partial charge in [-0.2, -0.15) is 0 Å². The van der Waals surface area contributed by atoms with Crippen LogP contribution in [0.25, 0.3) is 11.1 Å². The lowest BCUT2D eigenvalue weighted by molar-refractivity contribution is 0.220. The fraction of sp³-hybridized carbons (Fsp3) is 0.421. The summed E-state index contributed by atoms with van der Waals surface area (Å²) >= 11 is 0. The lowest BCUT2D eigenvalue weighted by Crippen LogP contribution is -2.29. The Bertz CT molecular complexity index is 685. The van der Waals surface area contributed by atoms with Gasteiger partial charge in [0.15, 0.2) is 0 Å². The summed E-state index contributed by atoms with van der Waals surface area (Å²) in [5.41, 5.74) is 9.46. The number of hydrogen-bond acceptors (Lipinski definition) is 4. The van der Waals surface area contributed by atoms with Crippen LogP contribution in [0.4, 0.5) is 0 Å². The largest absolute Gasteiger partial charge is 0.492 e. The van der Waals surface area contributed by atoms with Crippen LogP contribution in [0.5, 0.6) is 11.5 Å². The molecule has 0 saturated carbocycles. The normalized spacial score (nSPS) is 17.2. The maximum atomic E-state index is 6.08. The molecule has 3 rings (SSSR count). The molecule has 0 bridgehead atoms. The van der Waals surface area contributed by atoms with Crippen molar-refractivity contribution in [2.45, 2.75) is 39.3 Å². The molecular weight excluding hydrogens is 288 g/mol. The van der Waals surface area contributed by atoms with Crippen molar-refractivity contribution in [1.82, 2.24) is 4.98 Å².